The molecule has 1 N–H and O–H groups in total. The number of aliphatic hydroxyl groups is 1. The molecule has 4 nitrogen and oxygen atoms in total. The Labute approximate surface area is 129 Å². The van der Waals surface area contributed by atoms with Crippen LogP contribution in [0.3, 0.4) is 0 Å². The number of rotatable bonds is 4. The van der Waals surface area contributed by atoms with Crippen molar-refractivity contribution in [2.45, 2.75) is 26.4 Å². The minimum atomic E-state index is -0.436. The molecule has 0 fully saturated rings. The Morgan fingerprint density at radius 2 is 1.55 bits per heavy atom. The van der Waals surface area contributed by atoms with E-state index in [0.717, 1.165) is 22.3 Å². The average Bonchev–Trinajstić information content (AvgIpc) is 2.93. The summed E-state index contributed by atoms with van der Waals surface area (Å²) >= 11 is 0. The van der Waals surface area contributed by atoms with Crippen molar-refractivity contribution < 1.29 is 9.52 Å². The van der Waals surface area contributed by atoms with Gasteiger partial charge in [0.05, 0.1) is 12.5 Å². The van der Waals surface area contributed by atoms with E-state index in [1.807, 2.05) is 24.3 Å². The van der Waals surface area contributed by atoms with Gasteiger partial charge < -0.3 is 9.52 Å². The Hall–Kier alpha value is -2.46. The van der Waals surface area contributed by atoms with Crippen LogP contribution in [0.1, 0.15) is 35.9 Å². The molecule has 0 bridgehead atoms. The standard InChI is InChI=1S/C18H18N2O2/c1-12(21)15-7-9-17(10-8-15)16-5-3-14(4-6-16)11-18-20-19-13(2)22-18/h3-10,12,21H,11H2,1-2H3. The molecule has 1 aromatic heterocycles. The lowest BCUT2D eigenvalue weighted by Crippen LogP contribution is -1.91. The zero-order valence-electron chi connectivity index (χ0n) is 12.7. The summed E-state index contributed by atoms with van der Waals surface area (Å²) in [4.78, 5) is 0. The van der Waals surface area contributed by atoms with E-state index in [0.29, 0.717) is 18.2 Å². The first kappa shape index (κ1) is 14.5. The van der Waals surface area contributed by atoms with Crippen molar-refractivity contribution in [3.05, 3.63) is 71.4 Å². The fourth-order valence-electron chi connectivity index (χ4n) is 2.35. The smallest absolute Gasteiger partial charge is 0.220 e. The fraction of sp³-hybridized carbons (Fsp3) is 0.222. The zero-order chi connectivity index (χ0) is 15.5. The lowest BCUT2D eigenvalue weighted by Gasteiger charge is -2.07. The molecule has 0 saturated heterocycles. The molecule has 3 rings (SSSR count). The molecule has 1 unspecified atom stereocenters. The minimum Gasteiger partial charge on any atom is -0.425 e. The summed E-state index contributed by atoms with van der Waals surface area (Å²) in [5, 5.41) is 17.4. The highest BCUT2D eigenvalue weighted by molar-refractivity contribution is 5.64. The van der Waals surface area contributed by atoms with E-state index in [1.165, 1.54) is 0 Å². The van der Waals surface area contributed by atoms with E-state index in [1.54, 1.807) is 13.8 Å². The van der Waals surface area contributed by atoms with Crippen molar-refractivity contribution in [3.8, 4) is 11.1 Å². The van der Waals surface area contributed by atoms with E-state index in [-0.39, 0.29) is 0 Å². The number of aromatic nitrogens is 2. The van der Waals surface area contributed by atoms with Crippen molar-refractivity contribution in [1.29, 1.82) is 0 Å². The first-order chi connectivity index (χ1) is 10.6. The Bertz CT molecular complexity index is 744. The van der Waals surface area contributed by atoms with Gasteiger partial charge in [0.15, 0.2) is 0 Å². The van der Waals surface area contributed by atoms with Crippen LogP contribution in [0.4, 0.5) is 0 Å². The summed E-state index contributed by atoms with van der Waals surface area (Å²) in [6.45, 7) is 3.56. The summed E-state index contributed by atoms with van der Waals surface area (Å²) in [7, 11) is 0. The normalized spacial score (nSPS) is 12.3. The lowest BCUT2D eigenvalue weighted by molar-refractivity contribution is 0.199. The fourth-order valence-corrected chi connectivity index (χ4v) is 2.35. The molecule has 112 valence electrons. The molecule has 0 saturated carbocycles. The van der Waals surface area contributed by atoms with Crippen LogP contribution in [0, 0.1) is 6.92 Å². The van der Waals surface area contributed by atoms with E-state index in [4.69, 9.17) is 4.42 Å². The molecule has 4 heteroatoms. The highest BCUT2D eigenvalue weighted by atomic mass is 16.4. The average molecular weight is 294 g/mol. The second-order valence-electron chi connectivity index (χ2n) is 5.39. The number of benzene rings is 2. The maximum atomic E-state index is 9.54. The van der Waals surface area contributed by atoms with Crippen molar-refractivity contribution in [1.82, 2.24) is 10.2 Å². The number of aryl methyl sites for hydroxylation is 1. The first-order valence-corrected chi connectivity index (χ1v) is 7.28. The Morgan fingerprint density at radius 1 is 0.955 bits per heavy atom. The quantitative estimate of drug-likeness (QED) is 0.797. The van der Waals surface area contributed by atoms with E-state index in [9.17, 15) is 5.11 Å². The lowest BCUT2D eigenvalue weighted by atomic mass is 10.0. The minimum absolute atomic E-state index is 0.436. The highest BCUT2D eigenvalue weighted by Crippen LogP contribution is 2.23. The summed E-state index contributed by atoms with van der Waals surface area (Å²) in [5.74, 6) is 1.22. The molecule has 1 atom stereocenters. The number of hydrogen-bond acceptors (Lipinski definition) is 4. The molecule has 0 aliphatic heterocycles. The zero-order valence-corrected chi connectivity index (χ0v) is 12.7. The van der Waals surface area contributed by atoms with Crippen molar-refractivity contribution in [3.63, 3.8) is 0 Å². The molecule has 3 aromatic rings. The molecular weight excluding hydrogens is 276 g/mol. The van der Waals surface area contributed by atoms with Crippen molar-refractivity contribution >= 4 is 0 Å². The molecule has 22 heavy (non-hydrogen) atoms. The third kappa shape index (κ3) is 3.23. The molecule has 0 radical (unpaired) electrons. The van der Waals surface area contributed by atoms with Gasteiger partial charge in [0.25, 0.3) is 0 Å². The number of nitrogens with zero attached hydrogens (tertiary/aromatic N) is 2. The van der Waals surface area contributed by atoms with Crippen LogP contribution in [-0.2, 0) is 6.42 Å². The molecule has 0 aliphatic carbocycles. The van der Waals surface area contributed by atoms with Gasteiger partial charge in [-0.15, -0.1) is 10.2 Å². The van der Waals surface area contributed by atoms with Gasteiger partial charge in [-0.3, -0.25) is 0 Å². The molecule has 0 amide bonds. The van der Waals surface area contributed by atoms with Gasteiger partial charge in [0, 0.05) is 6.92 Å². The Morgan fingerprint density at radius 3 is 2.05 bits per heavy atom. The monoisotopic (exact) mass is 294 g/mol. The summed E-state index contributed by atoms with van der Waals surface area (Å²) in [5.41, 5.74) is 4.33. The predicted molar refractivity (Wildman–Crippen MR) is 84.4 cm³/mol. The molecular formula is C18H18N2O2. The van der Waals surface area contributed by atoms with Crippen molar-refractivity contribution in [2.75, 3.05) is 0 Å². The van der Waals surface area contributed by atoms with E-state index >= 15 is 0 Å². The van der Waals surface area contributed by atoms with Crippen LogP contribution < -0.4 is 0 Å². The van der Waals surface area contributed by atoms with Crippen LogP contribution in [0.2, 0.25) is 0 Å². The topological polar surface area (TPSA) is 59.2 Å². The Balaban J connectivity index is 1.76. The number of hydrogen-bond donors (Lipinski definition) is 1. The largest absolute Gasteiger partial charge is 0.425 e. The predicted octanol–water partition coefficient (Wildman–Crippen LogP) is 3.69. The summed E-state index contributed by atoms with van der Waals surface area (Å²) in [6, 6.07) is 16.3. The van der Waals surface area contributed by atoms with Gasteiger partial charge in [-0.2, -0.15) is 0 Å². The van der Waals surface area contributed by atoms with Gasteiger partial charge in [0.1, 0.15) is 0 Å². The van der Waals surface area contributed by atoms with Crippen LogP contribution >= 0.6 is 0 Å². The van der Waals surface area contributed by atoms with Crippen LogP contribution in [-0.4, -0.2) is 15.3 Å². The van der Waals surface area contributed by atoms with Gasteiger partial charge in [-0.1, -0.05) is 48.5 Å². The summed E-state index contributed by atoms with van der Waals surface area (Å²) in [6.07, 6.45) is 0.205. The van der Waals surface area contributed by atoms with Crippen molar-refractivity contribution in [2.24, 2.45) is 0 Å². The van der Waals surface area contributed by atoms with Gasteiger partial charge in [-0.05, 0) is 29.2 Å². The third-order valence-corrected chi connectivity index (χ3v) is 3.60. The third-order valence-electron chi connectivity index (χ3n) is 3.60. The van der Waals surface area contributed by atoms with E-state index in [2.05, 4.69) is 34.5 Å². The second-order valence-corrected chi connectivity index (χ2v) is 5.39. The highest BCUT2D eigenvalue weighted by Gasteiger charge is 2.05. The van der Waals surface area contributed by atoms with Gasteiger partial charge >= 0.3 is 0 Å². The Kier molecular flexibility index (Phi) is 4.02. The maximum absolute atomic E-state index is 9.54. The first-order valence-electron chi connectivity index (χ1n) is 7.28. The molecule has 0 aliphatic rings. The molecule has 2 aromatic carbocycles. The SMILES string of the molecule is Cc1nnc(Cc2ccc(-c3ccc(C(C)O)cc3)cc2)o1. The second kappa shape index (κ2) is 6.12. The van der Waals surface area contributed by atoms with Crippen LogP contribution in [0.5, 0.6) is 0 Å². The van der Waals surface area contributed by atoms with Gasteiger partial charge in [-0.25, -0.2) is 0 Å². The number of aliphatic hydroxyl groups excluding tert-OH is 1. The molecule has 1 heterocycles. The molecule has 0 spiro atoms. The van der Waals surface area contributed by atoms with Gasteiger partial charge in [0.2, 0.25) is 11.8 Å². The van der Waals surface area contributed by atoms with Crippen LogP contribution in [0.15, 0.2) is 52.9 Å². The van der Waals surface area contributed by atoms with E-state index < -0.39 is 6.10 Å². The van der Waals surface area contributed by atoms with Crippen LogP contribution in [0.25, 0.3) is 11.1 Å². The maximum Gasteiger partial charge on any atom is 0.220 e. The summed E-state index contributed by atoms with van der Waals surface area (Å²) < 4.78 is 5.39.